The van der Waals surface area contributed by atoms with Crippen LogP contribution in [0.4, 0.5) is 0 Å². The SMILES string of the molecule is C=C1[C@H](c2ccccc2)C=C(/C=C/c2ccccc2)N(S(=O)(=O)c2ccccc2)[C@H]1OC. The lowest BCUT2D eigenvalue weighted by Crippen LogP contribution is -2.45. The van der Waals surface area contributed by atoms with Crippen molar-refractivity contribution in [3.05, 3.63) is 132 Å². The van der Waals surface area contributed by atoms with Gasteiger partial charge in [0.2, 0.25) is 0 Å². The molecule has 5 heteroatoms. The van der Waals surface area contributed by atoms with Gasteiger partial charge < -0.3 is 4.74 Å². The van der Waals surface area contributed by atoms with E-state index in [0.29, 0.717) is 11.3 Å². The molecule has 0 bridgehead atoms. The van der Waals surface area contributed by atoms with Gasteiger partial charge in [0, 0.05) is 13.0 Å². The maximum absolute atomic E-state index is 13.7. The number of benzene rings is 3. The summed E-state index contributed by atoms with van der Waals surface area (Å²) in [6.07, 6.45) is 4.82. The highest BCUT2D eigenvalue weighted by Gasteiger charge is 2.40. The molecule has 32 heavy (non-hydrogen) atoms. The second kappa shape index (κ2) is 9.39. The van der Waals surface area contributed by atoms with E-state index in [4.69, 9.17) is 4.74 Å². The quantitative estimate of drug-likeness (QED) is 0.466. The van der Waals surface area contributed by atoms with E-state index in [9.17, 15) is 8.42 Å². The molecular weight excluding hydrogens is 418 g/mol. The fourth-order valence-corrected chi connectivity index (χ4v) is 5.46. The summed E-state index contributed by atoms with van der Waals surface area (Å²) in [5.74, 6) is -0.182. The molecular formula is C27H25NO3S. The molecule has 2 atom stereocenters. The van der Waals surface area contributed by atoms with E-state index >= 15 is 0 Å². The molecule has 1 aliphatic rings. The Bertz CT molecular complexity index is 1230. The Hall–Kier alpha value is -3.41. The zero-order chi connectivity index (χ0) is 22.6. The third kappa shape index (κ3) is 4.31. The number of hydrogen-bond donors (Lipinski definition) is 0. The Morgan fingerprint density at radius 3 is 2.00 bits per heavy atom. The van der Waals surface area contributed by atoms with Crippen LogP contribution in [0, 0.1) is 0 Å². The van der Waals surface area contributed by atoms with Gasteiger partial charge in [0.1, 0.15) is 0 Å². The van der Waals surface area contributed by atoms with Crippen molar-refractivity contribution in [3.8, 4) is 0 Å². The number of hydrogen-bond acceptors (Lipinski definition) is 3. The standard InChI is InChI=1S/C27H25NO3S/c1-21-26(23-14-8-4-9-15-23)20-24(19-18-22-12-6-3-7-13-22)28(27(21)31-2)32(29,30)25-16-10-5-11-17-25/h3-20,26-27H,1H2,2H3/b19-18+/t26-,27+/m1/s1. The number of methoxy groups -OCH3 is 1. The summed E-state index contributed by atoms with van der Waals surface area (Å²) in [6.45, 7) is 4.23. The number of allylic oxidation sites excluding steroid dienone is 2. The van der Waals surface area contributed by atoms with Crippen LogP contribution >= 0.6 is 0 Å². The Morgan fingerprint density at radius 1 is 0.844 bits per heavy atom. The second-order valence-electron chi connectivity index (χ2n) is 7.50. The molecule has 0 amide bonds. The van der Waals surface area contributed by atoms with Gasteiger partial charge in [0.25, 0.3) is 10.0 Å². The van der Waals surface area contributed by atoms with Crippen molar-refractivity contribution < 1.29 is 13.2 Å². The molecule has 0 unspecified atom stereocenters. The van der Waals surface area contributed by atoms with Crippen molar-refractivity contribution in [1.82, 2.24) is 4.31 Å². The van der Waals surface area contributed by atoms with E-state index in [-0.39, 0.29) is 10.8 Å². The van der Waals surface area contributed by atoms with Crippen molar-refractivity contribution in [2.24, 2.45) is 0 Å². The highest BCUT2D eigenvalue weighted by molar-refractivity contribution is 7.89. The molecule has 0 N–H and O–H groups in total. The molecule has 1 aliphatic heterocycles. The molecule has 0 aromatic heterocycles. The molecule has 0 saturated carbocycles. The van der Waals surface area contributed by atoms with Crippen LogP contribution in [0.15, 0.2) is 126 Å². The third-order valence-electron chi connectivity index (χ3n) is 5.45. The topological polar surface area (TPSA) is 46.6 Å². The summed E-state index contributed by atoms with van der Waals surface area (Å²) in [6, 6.07) is 28.1. The predicted molar refractivity (Wildman–Crippen MR) is 128 cm³/mol. The van der Waals surface area contributed by atoms with Gasteiger partial charge in [-0.3, -0.25) is 0 Å². The van der Waals surface area contributed by atoms with Crippen LogP contribution < -0.4 is 0 Å². The van der Waals surface area contributed by atoms with Crippen molar-refractivity contribution in [2.45, 2.75) is 17.0 Å². The average Bonchev–Trinajstić information content (AvgIpc) is 2.84. The summed E-state index contributed by atoms with van der Waals surface area (Å²) in [4.78, 5) is 0.201. The molecule has 3 aromatic carbocycles. The van der Waals surface area contributed by atoms with E-state index in [1.54, 1.807) is 30.3 Å². The number of nitrogens with zero attached hydrogens (tertiary/aromatic N) is 1. The van der Waals surface area contributed by atoms with Crippen molar-refractivity contribution >= 4 is 16.1 Å². The van der Waals surface area contributed by atoms with Gasteiger partial charge in [-0.15, -0.1) is 0 Å². The molecule has 1 heterocycles. The molecule has 0 radical (unpaired) electrons. The van der Waals surface area contributed by atoms with E-state index in [2.05, 4.69) is 6.58 Å². The minimum Gasteiger partial charge on any atom is -0.357 e. The van der Waals surface area contributed by atoms with Gasteiger partial charge in [-0.2, -0.15) is 0 Å². The van der Waals surface area contributed by atoms with Gasteiger partial charge in [-0.25, -0.2) is 12.7 Å². The Labute approximate surface area is 189 Å². The largest absolute Gasteiger partial charge is 0.357 e. The van der Waals surface area contributed by atoms with Crippen LogP contribution in [0.1, 0.15) is 17.0 Å². The van der Waals surface area contributed by atoms with E-state index in [1.807, 2.05) is 78.9 Å². The van der Waals surface area contributed by atoms with Crippen LogP contribution in [0.2, 0.25) is 0 Å². The van der Waals surface area contributed by atoms with Crippen LogP contribution in [0.3, 0.4) is 0 Å². The Balaban J connectivity index is 1.87. The first-order valence-corrected chi connectivity index (χ1v) is 11.8. The summed E-state index contributed by atoms with van der Waals surface area (Å²) in [7, 11) is -2.38. The minimum absolute atomic E-state index is 0.182. The molecule has 162 valence electrons. The predicted octanol–water partition coefficient (Wildman–Crippen LogP) is 5.60. The first-order valence-electron chi connectivity index (χ1n) is 10.3. The number of rotatable bonds is 6. The Morgan fingerprint density at radius 2 is 1.41 bits per heavy atom. The van der Waals surface area contributed by atoms with E-state index in [1.165, 1.54) is 11.4 Å². The second-order valence-corrected chi connectivity index (χ2v) is 9.32. The summed E-state index contributed by atoms with van der Waals surface area (Å²) >= 11 is 0. The number of ether oxygens (including phenoxy) is 1. The molecule has 4 rings (SSSR count). The zero-order valence-corrected chi connectivity index (χ0v) is 18.7. The monoisotopic (exact) mass is 443 g/mol. The lowest BCUT2D eigenvalue weighted by Gasteiger charge is -2.39. The summed E-state index contributed by atoms with van der Waals surface area (Å²) in [5, 5.41) is 0. The van der Waals surface area contributed by atoms with Crippen LogP contribution in [0.5, 0.6) is 0 Å². The first-order chi connectivity index (χ1) is 15.5. The van der Waals surface area contributed by atoms with Gasteiger partial charge >= 0.3 is 0 Å². The fourth-order valence-electron chi connectivity index (χ4n) is 3.85. The molecule has 4 nitrogen and oxygen atoms in total. The van der Waals surface area contributed by atoms with Crippen LogP contribution in [-0.4, -0.2) is 26.1 Å². The van der Waals surface area contributed by atoms with Crippen LogP contribution in [-0.2, 0) is 14.8 Å². The van der Waals surface area contributed by atoms with Crippen molar-refractivity contribution in [3.63, 3.8) is 0 Å². The van der Waals surface area contributed by atoms with E-state index < -0.39 is 16.3 Å². The fraction of sp³-hybridized carbons (Fsp3) is 0.111. The molecule has 3 aromatic rings. The summed E-state index contributed by atoms with van der Waals surface area (Å²) in [5.41, 5.74) is 3.20. The highest BCUT2D eigenvalue weighted by atomic mass is 32.2. The molecule has 0 saturated heterocycles. The summed E-state index contributed by atoms with van der Waals surface area (Å²) < 4.78 is 34.4. The van der Waals surface area contributed by atoms with Crippen molar-refractivity contribution in [1.29, 1.82) is 0 Å². The number of sulfonamides is 1. The van der Waals surface area contributed by atoms with Gasteiger partial charge in [0.05, 0.1) is 10.6 Å². The maximum atomic E-state index is 13.7. The Kier molecular flexibility index (Phi) is 6.40. The van der Waals surface area contributed by atoms with Crippen LogP contribution in [0.25, 0.3) is 6.08 Å². The van der Waals surface area contributed by atoms with E-state index in [0.717, 1.165) is 11.1 Å². The van der Waals surface area contributed by atoms with Gasteiger partial charge in [-0.05, 0) is 41.0 Å². The molecule has 0 fully saturated rings. The lowest BCUT2D eigenvalue weighted by molar-refractivity contribution is 0.0539. The normalized spacial score (nSPS) is 19.2. The lowest BCUT2D eigenvalue weighted by atomic mass is 9.87. The van der Waals surface area contributed by atoms with Gasteiger partial charge in [-0.1, -0.05) is 91.5 Å². The minimum atomic E-state index is -3.89. The average molecular weight is 444 g/mol. The first kappa shape index (κ1) is 21.8. The third-order valence-corrected chi connectivity index (χ3v) is 7.24. The highest BCUT2D eigenvalue weighted by Crippen LogP contribution is 2.40. The maximum Gasteiger partial charge on any atom is 0.266 e. The molecule has 0 spiro atoms. The molecule has 0 aliphatic carbocycles. The van der Waals surface area contributed by atoms with Crippen molar-refractivity contribution in [2.75, 3.05) is 7.11 Å². The van der Waals surface area contributed by atoms with Gasteiger partial charge in [0.15, 0.2) is 6.23 Å². The smallest absolute Gasteiger partial charge is 0.266 e. The zero-order valence-electron chi connectivity index (χ0n) is 17.8.